The summed E-state index contributed by atoms with van der Waals surface area (Å²) in [5.74, 6) is 1.64. The molecule has 3 nitrogen and oxygen atoms in total. The molecule has 0 radical (unpaired) electrons. The van der Waals surface area contributed by atoms with Crippen LogP contribution in [-0.2, 0) is 4.79 Å². The fourth-order valence-electron chi connectivity index (χ4n) is 2.07. The minimum atomic E-state index is 0.0833. The number of nitrogens with one attached hydrogen (secondary N) is 2. The second-order valence-electron chi connectivity index (χ2n) is 4.90. The van der Waals surface area contributed by atoms with Gasteiger partial charge in [-0.15, -0.1) is 11.8 Å². The second-order valence-corrected chi connectivity index (χ2v) is 6.07. The van der Waals surface area contributed by atoms with Crippen LogP contribution in [0.1, 0.15) is 20.3 Å². The van der Waals surface area contributed by atoms with Crippen molar-refractivity contribution >= 4 is 17.7 Å². The molecule has 94 valence electrons. The van der Waals surface area contributed by atoms with Crippen LogP contribution in [0.25, 0.3) is 0 Å². The number of carbonyl (C=O) groups is 1. The van der Waals surface area contributed by atoms with Crippen molar-refractivity contribution in [2.75, 3.05) is 12.4 Å². The van der Waals surface area contributed by atoms with Gasteiger partial charge in [-0.1, -0.05) is 32.1 Å². The van der Waals surface area contributed by atoms with Crippen LogP contribution in [0.3, 0.4) is 0 Å². The number of carbonyl (C=O) groups excluding carboxylic acids is 1. The maximum absolute atomic E-state index is 12.1. The van der Waals surface area contributed by atoms with Gasteiger partial charge < -0.3 is 5.32 Å². The Morgan fingerprint density at radius 2 is 2.47 bits per heavy atom. The number of thioether (sulfide) groups is 1. The first kappa shape index (κ1) is 12.7. The maximum atomic E-state index is 12.1. The second kappa shape index (κ2) is 5.74. The Labute approximate surface area is 107 Å². The molecule has 1 aliphatic heterocycles. The summed E-state index contributed by atoms with van der Waals surface area (Å²) in [5, 5.41) is 6.80. The van der Waals surface area contributed by atoms with Crippen molar-refractivity contribution in [1.82, 2.24) is 10.6 Å². The van der Waals surface area contributed by atoms with Gasteiger partial charge in [-0.05, 0) is 12.3 Å². The Morgan fingerprint density at radius 1 is 1.65 bits per heavy atom. The summed E-state index contributed by atoms with van der Waals surface area (Å²) >= 11 is 1.86. The lowest BCUT2D eigenvalue weighted by Crippen LogP contribution is -2.40. The molecule has 1 amide bonds. The highest BCUT2D eigenvalue weighted by molar-refractivity contribution is 8.00. The van der Waals surface area contributed by atoms with Crippen LogP contribution >= 0.6 is 11.8 Å². The van der Waals surface area contributed by atoms with Crippen molar-refractivity contribution in [3.63, 3.8) is 0 Å². The van der Waals surface area contributed by atoms with Crippen LogP contribution in [0.4, 0.5) is 0 Å². The van der Waals surface area contributed by atoms with E-state index in [0.717, 1.165) is 24.4 Å². The van der Waals surface area contributed by atoms with Crippen molar-refractivity contribution in [1.29, 1.82) is 0 Å². The molecule has 0 bridgehead atoms. The van der Waals surface area contributed by atoms with E-state index < -0.39 is 0 Å². The van der Waals surface area contributed by atoms with E-state index in [4.69, 9.17) is 0 Å². The fourth-order valence-corrected chi connectivity index (χ4v) is 3.17. The third-order valence-corrected chi connectivity index (χ3v) is 4.24. The molecule has 1 fully saturated rings. The number of allylic oxidation sites excluding steroid dienone is 2. The Balaban J connectivity index is 1.90. The lowest BCUT2D eigenvalue weighted by atomic mass is 9.98. The molecule has 2 N–H and O–H groups in total. The zero-order valence-electron chi connectivity index (χ0n) is 10.4. The van der Waals surface area contributed by atoms with Crippen LogP contribution in [0.15, 0.2) is 23.8 Å². The molecule has 2 unspecified atom stereocenters. The summed E-state index contributed by atoms with van der Waals surface area (Å²) in [4.78, 5) is 12.1. The third-order valence-electron chi connectivity index (χ3n) is 3.09. The summed E-state index contributed by atoms with van der Waals surface area (Å²) in [6.07, 6.45) is 7.13. The number of amides is 1. The monoisotopic (exact) mass is 252 g/mol. The molecule has 0 saturated carbocycles. The average molecular weight is 252 g/mol. The lowest BCUT2D eigenvalue weighted by molar-refractivity contribution is -0.117. The van der Waals surface area contributed by atoms with Crippen LogP contribution in [0.5, 0.6) is 0 Å². The standard InChI is InChI=1S/C13H20N2OS/c1-9(2)6-7-14-13(16)10-4-3-5-11-12(10)15-8-17-11/h3-5,9,11-12,15H,6-8H2,1-2H3,(H,14,16). The Hall–Kier alpha value is -0.740. The minimum Gasteiger partial charge on any atom is -0.352 e. The zero-order valence-corrected chi connectivity index (χ0v) is 11.2. The molecule has 0 spiro atoms. The van der Waals surface area contributed by atoms with Gasteiger partial charge in [0, 0.05) is 23.2 Å². The summed E-state index contributed by atoms with van der Waals surface area (Å²) in [6, 6.07) is 0.198. The van der Waals surface area contributed by atoms with E-state index in [1.54, 1.807) is 0 Å². The van der Waals surface area contributed by atoms with E-state index in [-0.39, 0.29) is 11.9 Å². The fraction of sp³-hybridized carbons (Fsp3) is 0.615. The molecule has 1 saturated heterocycles. The van der Waals surface area contributed by atoms with Crippen LogP contribution in [0.2, 0.25) is 0 Å². The molecule has 1 aliphatic carbocycles. The maximum Gasteiger partial charge on any atom is 0.248 e. The van der Waals surface area contributed by atoms with Crippen molar-refractivity contribution in [2.45, 2.75) is 31.6 Å². The number of hydrogen-bond donors (Lipinski definition) is 2. The summed E-state index contributed by atoms with van der Waals surface area (Å²) in [7, 11) is 0. The topological polar surface area (TPSA) is 41.1 Å². The Kier molecular flexibility index (Phi) is 4.29. The molecule has 17 heavy (non-hydrogen) atoms. The van der Waals surface area contributed by atoms with Crippen LogP contribution in [-0.4, -0.2) is 29.6 Å². The third kappa shape index (κ3) is 3.13. The van der Waals surface area contributed by atoms with Crippen molar-refractivity contribution < 1.29 is 4.79 Å². The molecule has 0 aromatic carbocycles. The first-order chi connectivity index (χ1) is 8.18. The molecular formula is C13H20N2OS. The van der Waals surface area contributed by atoms with Crippen LogP contribution in [0, 0.1) is 5.92 Å². The molecule has 1 heterocycles. The summed E-state index contributed by atoms with van der Waals surface area (Å²) < 4.78 is 0. The molecule has 2 rings (SSSR count). The van der Waals surface area contributed by atoms with Crippen molar-refractivity contribution in [3.8, 4) is 0 Å². The van der Waals surface area contributed by atoms with Gasteiger partial charge in [0.1, 0.15) is 0 Å². The van der Waals surface area contributed by atoms with Gasteiger partial charge in [-0.3, -0.25) is 10.1 Å². The predicted molar refractivity (Wildman–Crippen MR) is 72.9 cm³/mol. The van der Waals surface area contributed by atoms with Gasteiger partial charge in [-0.2, -0.15) is 0 Å². The first-order valence-electron chi connectivity index (χ1n) is 6.20. The largest absolute Gasteiger partial charge is 0.352 e. The number of hydrogen-bond acceptors (Lipinski definition) is 3. The number of rotatable bonds is 4. The van der Waals surface area contributed by atoms with Crippen molar-refractivity contribution in [2.24, 2.45) is 5.92 Å². The van der Waals surface area contributed by atoms with E-state index in [1.807, 2.05) is 23.9 Å². The highest BCUT2D eigenvalue weighted by atomic mass is 32.2. The molecule has 0 aromatic rings. The minimum absolute atomic E-state index is 0.0833. The van der Waals surface area contributed by atoms with Gasteiger partial charge in [0.15, 0.2) is 0 Å². The SMILES string of the molecule is CC(C)CCNC(=O)C1=CC=CC2SCNC12. The zero-order chi connectivity index (χ0) is 12.3. The normalized spacial score (nSPS) is 26.9. The van der Waals surface area contributed by atoms with E-state index in [9.17, 15) is 4.79 Å². The van der Waals surface area contributed by atoms with Gasteiger partial charge in [0.25, 0.3) is 0 Å². The van der Waals surface area contributed by atoms with Gasteiger partial charge in [0.2, 0.25) is 5.91 Å². The number of fused-ring (bicyclic) bond motifs is 1. The van der Waals surface area contributed by atoms with Gasteiger partial charge >= 0.3 is 0 Å². The smallest absolute Gasteiger partial charge is 0.248 e. The molecular weight excluding hydrogens is 232 g/mol. The van der Waals surface area contributed by atoms with E-state index >= 15 is 0 Å². The van der Waals surface area contributed by atoms with Crippen molar-refractivity contribution in [3.05, 3.63) is 23.8 Å². The highest BCUT2D eigenvalue weighted by Gasteiger charge is 2.33. The predicted octanol–water partition coefficient (Wildman–Crippen LogP) is 1.68. The molecule has 0 aromatic heterocycles. The summed E-state index contributed by atoms with van der Waals surface area (Å²) in [5.41, 5.74) is 0.881. The molecule has 2 atom stereocenters. The van der Waals surface area contributed by atoms with Gasteiger partial charge in [-0.25, -0.2) is 0 Å². The van der Waals surface area contributed by atoms with E-state index in [0.29, 0.717) is 11.2 Å². The van der Waals surface area contributed by atoms with Gasteiger partial charge in [0.05, 0.1) is 6.04 Å². The quantitative estimate of drug-likeness (QED) is 0.800. The Morgan fingerprint density at radius 3 is 3.24 bits per heavy atom. The first-order valence-corrected chi connectivity index (χ1v) is 7.25. The Bertz CT molecular complexity index is 349. The lowest BCUT2D eigenvalue weighted by Gasteiger charge is -2.21. The average Bonchev–Trinajstić information content (AvgIpc) is 2.75. The molecule has 4 heteroatoms. The summed E-state index contributed by atoms with van der Waals surface area (Å²) in [6.45, 7) is 5.10. The molecule has 2 aliphatic rings. The van der Waals surface area contributed by atoms with E-state index in [2.05, 4.69) is 30.6 Å². The van der Waals surface area contributed by atoms with E-state index in [1.165, 1.54) is 0 Å². The van der Waals surface area contributed by atoms with Crippen LogP contribution < -0.4 is 10.6 Å². The highest BCUT2D eigenvalue weighted by Crippen LogP contribution is 2.29.